The molecule has 1 aliphatic rings. The zero-order valence-electron chi connectivity index (χ0n) is 14.3. The summed E-state index contributed by atoms with van der Waals surface area (Å²) in [6, 6.07) is 9.62. The zero-order chi connectivity index (χ0) is 18.7. The van der Waals surface area contributed by atoms with Crippen LogP contribution in [0, 0.1) is 0 Å². The number of hydrogen-bond acceptors (Lipinski definition) is 4. The Labute approximate surface area is 150 Å². The highest BCUT2D eigenvalue weighted by Crippen LogP contribution is 2.38. The molecule has 0 radical (unpaired) electrons. The first-order chi connectivity index (χ1) is 12.4. The van der Waals surface area contributed by atoms with Crippen LogP contribution in [0.25, 0.3) is 0 Å². The van der Waals surface area contributed by atoms with Crippen LogP contribution in [0.1, 0.15) is 39.3 Å². The molecule has 0 spiro atoms. The Morgan fingerprint density at radius 1 is 1.23 bits per heavy atom. The van der Waals surface area contributed by atoms with E-state index in [9.17, 15) is 9.59 Å². The number of benzene rings is 1. The smallest absolute Gasteiger partial charge is 0.354 e. The van der Waals surface area contributed by atoms with Crippen molar-refractivity contribution in [1.29, 1.82) is 0 Å². The van der Waals surface area contributed by atoms with Crippen LogP contribution in [0.5, 0.6) is 5.75 Å². The van der Waals surface area contributed by atoms with Gasteiger partial charge in [-0.05, 0) is 29.8 Å². The highest BCUT2D eigenvalue weighted by molar-refractivity contribution is 5.96. The van der Waals surface area contributed by atoms with Crippen molar-refractivity contribution in [2.45, 2.75) is 18.5 Å². The van der Waals surface area contributed by atoms with E-state index in [1.165, 1.54) is 25.4 Å². The number of hydrogen-bond donors (Lipinski definition) is 1. The van der Waals surface area contributed by atoms with Crippen LogP contribution >= 0.6 is 0 Å². The van der Waals surface area contributed by atoms with Crippen molar-refractivity contribution in [2.24, 2.45) is 0 Å². The minimum atomic E-state index is -1.52. The van der Waals surface area contributed by atoms with Crippen LogP contribution in [-0.4, -0.2) is 47.1 Å². The van der Waals surface area contributed by atoms with Gasteiger partial charge in [0.05, 0.1) is 7.11 Å². The van der Waals surface area contributed by atoms with E-state index >= 15 is 4.39 Å². The minimum Gasteiger partial charge on any atom is -0.497 e. The van der Waals surface area contributed by atoms with Gasteiger partial charge in [0.25, 0.3) is 5.91 Å². The fraction of sp³-hybridized carbons (Fsp3) is 0.316. The summed E-state index contributed by atoms with van der Waals surface area (Å²) in [5.41, 5.74) is -0.925. The van der Waals surface area contributed by atoms with Gasteiger partial charge >= 0.3 is 5.97 Å². The number of pyridine rings is 1. The minimum absolute atomic E-state index is 0.169. The second-order valence-corrected chi connectivity index (χ2v) is 6.22. The molecule has 3 rings (SSSR count). The summed E-state index contributed by atoms with van der Waals surface area (Å²) in [6.07, 6.45) is 1.63. The van der Waals surface area contributed by atoms with Gasteiger partial charge in [-0.15, -0.1) is 0 Å². The SMILES string of the molecule is COc1cccc(C2(F)CCN(C(=O)c3ccnc(C(=O)O)c3)CC2)c1. The molecule has 0 unspecified atom stereocenters. The van der Waals surface area contributed by atoms with Crippen LogP contribution in [0.15, 0.2) is 42.6 Å². The summed E-state index contributed by atoms with van der Waals surface area (Å²) < 4.78 is 20.5. The number of likely N-dealkylation sites (tertiary alicyclic amines) is 1. The first kappa shape index (κ1) is 17.8. The first-order valence-electron chi connectivity index (χ1n) is 8.25. The quantitative estimate of drug-likeness (QED) is 0.909. The van der Waals surface area contributed by atoms with E-state index in [4.69, 9.17) is 9.84 Å². The number of piperidine rings is 1. The maximum absolute atomic E-state index is 15.3. The first-order valence-corrected chi connectivity index (χ1v) is 8.25. The number of halogens is 1. The van der Waals surface area contributed by atoms with E-state index in [2.05, 4.69) is 4.98 Å². The average Bonchev–Trinajstić information content (AvgIpc) is 2.68. The monoisotopic (exact) mass is 358 g/mol. The molecule has 136 valence electrons. The van der Waals surface area contributed by atoms with Crippen molar-refractivity contribution in [1.82, 2.24) is 9.88 Å². The molecular formula is C19H19FN2O4. The van der Waals surface area contributed by atoms with Gasteiger partial charge in [-0.3, -0.25) is 4.79 Å². The number of nitrogens with zero attached hydrogens (tertiary/aromatic N) is 2. The molecule has 6 nitrogen and oxygen atoms in total. The summed E-state index contributed by atoms with van der Waals surface area (Å²) in [4.78, 5) is 28.8. The Morgan fingerprint density at radius 2 is 1.96 bits per heavy atom. The lowest BCUT2D eigenvalue weighted by Gasteiger charge is -2.36. The highest BCUT2D eigenvalue weighted by Gasteiger charge is 2.38. The van der Waals surface area contributed by atoms with Crippen molar-refractivity contribution in [3.63, 3.8) is 0 Å². The van der Waals surface area contributed by atoms with Crippen molar-refractivity contribution in [3.8, 4) is 5.75 Å². The molecule has 0 atom stereocenters. The average molecular weight is 358 g/mol. The number of ether oxygens (including phenoxy) is 1. The molecule has 0 bridgehead atoms. The largest absolute Gasteiger partial charge is 0.497 e. The van der Waals surface area contributed by atoms with E-state index in [-0.39, 0.29) is 43.1 Å². The summed E-state index contributed by atoms with van der Waals surface area (Å²) in [7, 11) is 1.53. The summed E-state index contributed by atoms with van der Waals surface area (Å²) in [5, 5.41) is 8.99. The second kappa shape index (κ2) is 7.11. The lowest BCUT2D eigenvalue weighted by atomic mass is 9.86. The molecule has 0 aliphatic carbocycles. The predicted molar refractivity (Wildman–Crippen MR) is 92.1 cm³/mol. The van der Waals surface area contributed by atoms with E-state index < -0.39 is 11.6 Å². The van der Waals surface area contributed by atoms with E-state index in [1.807, 2.05) is 0 Å². The number of carboxylic acids is 1. The van der Waals surface area contributed by atoms with E-state index in [0.29, 0.717) is 11.3 Å². The number of rotatable bonds is 4. The van der Waals surface area contributed by atoms with Gasteiger partial charge in [0, 0.05) is 37.7 Å². The van der Waals surface area contributed by atoms with Crippen LogP contribution in [0.3, 0.4) is 0 Å². The van der Waals surface area contributed by atoms with E-state index in [1.54, 1.807) is 29.2 Å². The van der Waals surface area contributed by atoms with Gasteiger partial charge in [0.2, 0.25) is 0 Å². The molecule has 2 aromatic rings. The van der Waals surface area contributed by atoms with Crippen LogP contribution in [0.2, 0.25) is 0 Å². The Morgan fingerprint density at radius 3 is 2.62 bits per heavy atom. The van der Waals surface area contributed by atoms with Gasteiger partial charge in [-0.25, -0.2) is 14.2 Å². The maximum atomic E-state index is 15.3. The second-order valence-electron chi connectivity index (χ2n) is 6.22. The van der Waals surface area contributed by atoms with Crippen molar-refractivity contribution in [2.75, 3.05) is 20.2 Å². The predicted octanol–water partition coefficient (Wildman–Crippen LogP) is 2.89. The van der Waals surface area contributed by atoms with Gasteiger partial charge in [-0.1, -0.05) is 12.1 Å². The van der Waals surface area contributed by atoms with Gasteiger partial charge in [0.1, 0.15) is 17.1 Å². The molecule has 1 saturated heterocycles. The zero-order valence-corrected chi connectivity index (χ0v) is 14.3. The number of carboxylic acid groups (broad SMARTS) is 1. The topological polar surface area (TPSA) is 79.7 Å². The Kier molecular flexibility index (Phi) is 4.88. The summed E-state index contributed by atoms with van der Waals surface area (Å²) >= 11 is 0. The third-order valence-electron chi connectivity index (χ3n) is 4.66. The Bertz CT molecular complexity index is 832. The summed E-state index contributed by atoms with van der Waals surface area (Å²) in [6.45, 7) is 0.495. The molecule has 1 aliphatic heterocycles. The third-order valence-corrected chi connectivity index (χ3v) is 4.66. The van der Waals surface area contributed by atoms with Crippen molar-refractivity contribution in [3.05, 3.63) is 59.4 Å². The fourth-order valence-corrected chi connectivity index (χ4v) is 3.12. The lowest BCUT2D eigenvalue weighted by molar-refractivity contribution is 0.0420. The van der Waals surface area contributed by atoms with Crippen molar-refractivity contribution < 1.29 is 23.8 Å². The fourth-order valence-electron chi connectivity index (χ4n) is 3.12. The molecule has 7 heteroatoms. The molecule has 1 N–H and O–H groups in total. The third kappa shape index (κ3) is 3.51. The molecule has 1 aromatic heterocycles. The van der Waals surface area contributed by atoms with Gasteiger partial charge < -0.3 is 14.7 Å². The van der Waals surface area contributed by atoms with E-state index in [0.717, 1.165) is 0 Å². The molecule has 0 saturated carbocycles. The Hall–Kier alpha value is -2.96. The molecular weight excluding hydrogens is 339 g/mol. The van der Waals surface area contributed by atoms with Gasteiger partial charge in [-0.2, -0.15) is 0 Å². The van der Waals surface area contributed by atoms with Crippen LogP contribution in [-0.2, 0) is 5.67 Å². The lowest BCUT2D eigenvalue weighted by Crippen LogP contribution is -2.43. The molecule has 2 heterocycles. The highest BCUT2D eigenvalue weighted by atomic mass is 19.1. The normalized spacial score (nSPS) is 16.2. The molecule has 1 amide bonds. The van der Waals surface area contributed by atoms with Gasteiger partial charge in [0.15, 0.2) is 0 Å². The number of aromatic nitrogens is 1. The van der Waals surface area contributed by atoms with Crippen LogP contribution in [0.4, 0.5) is 4.39 Å². The molecule has 1 aromatic carbocycles. The number of alkyl halides is 1. The molecule has 26 heavy (non-hydrogen) atoms. The summed E-state index contributed by atoms with van der Waals surface area (Å²) in [5.74, 6) is -0.919. The Balaban J connectivity index is 1.72. The standard InChI is InChI=1S/C19H19FN2O4/c1-26-15-4-2-3-14(12-15)19(20)6-9-22(10-7-19)17(23)13-5-8-21-16(11-13)18(24)25/h2-5,8,11-12H,6-7,9-10H2,1H3,(H,24,25). The molecule has 1 fully saturated rings. The number of carbonyl (C=O) groups excluding carboxylic acids is 1. The number of amides is 1. The maximum Gasteiger partial charge on any atom is 0.354 e. The number of carbonyl (C=O) groups is 2. The number of aromatic carboxylic acids is 1. The van der Waals surface area contributed by atoms with Crippen molar-refractivity contribution >= 4 is 11.9 Å². The number of methoxy groups -OCH3 is 1. The van der Waals surface area contributed by atoms with Crippen LogP contribution < -0.4 is 4.74 Å².